The Labute approximate surface area is 107 Å². The van der Waals surface area contributed by atoms with E-state index in [-0.39, 0.29) is 24.1 Å². The van der Waals surface area contributed by atoms with Gasteiger partial charge in [0.15, 0.2) is 0 Å². The monoisotopic (exact) mass is 259 g/mol. The second-order valence-electron chi connectivity index (χ2n) is 3.71. The van der Waals surface area contributed by atoms with Gasteiger partial charge in [-0.2, -0.15) is 0 Å². The largest absolute Gasteiger partial charge is 0.330 e. The van der Waals surface area contributed by atoms with Crippen LogP contribution in [0.4, 0.5) is 5.69 Å². The molecule has 0 fully saturated rings. The number of hydrogen-bond donors (Lipinski definition) is 2. The summed E-state index contributed by atoms with van der Waals surface area (Å²) in [4.78, 5) is 10.4. The first-order valence-corrected chi connectivity index (χ1v) is 5.35. The van der Waals surface area contributed by atoms with Crippen molar-refractivity contribution in [1.29, 1.82) is 0 Å². The predicted molar refractivity (Wildman–Crippen MR) is 70.2 cm³/mol. The minimum absolute atomic E-state index is 0. The highest BCUT2D eigenvalue weighted by atomic mass is 35.5. The average Bonchev–Trinajstić information content (AvgIpc) is 2.29. The number of nitrogens with zero attached hydrogens (tertiary/aromatic N) is 1. The van der Waals surface area contributed by atoms with Gasteiger partial charge in [0, 0.05) is 17.7 Å². The lowest BCUT2D eigenvalue weighted by atomic mass is 10.0. The smallest absolute Gasteiger partial charge is 0.274 e. The normalized spacial score (nSPS) is 11.6. The lowest BCUT2D eigenvalue weighted by molar-refractivity contribution is -0.385. The first-order valence-electron chi connectivity index (χ1n) is 5.35. The molecule has 6 heteroatoms. The van der Waals surface area contributed by atoms with Crippen LogP contribution in [0.5, 0.6) is 0 Å². The van der Waals surface area contributed by atoms with Crippen LogP contribution in [0.2, 0.25) is 0 Å². The van der Waals surface area contributed by atoms with E-state index in [0.717, 1.165) is 19.3 Å². The minimum Gasteiger partial charge on any atom is -0.330 e. The van der Waals surface area contributed by atoms with Gasteiger partial charge in [-0.25, -0.2) is 0 Å². The van der Waals surface area contributed by atoms with Crippen molar-refractivity contribution in [3.05, 3.63) is 39.9 Å². The fourth-order valence-electron chi connectivity index (χ4n) is 1.63. The molecule has 0 saturated heterocycles. The van der Waals surface area contributed by atoms with Gasteiger partial charge in [-0.05, 0) is 19.4 Å². The molecule has 0 aliphatic carbocycles. The van der Waals surface area contributed by atoms with Crippen molar-refractivity contribution in [2.24, 2.45) is 11.5 Å². The fourth-order valence-corrected chi connectivity index (χ4v) is 1.63. The van der Waals surface area contributed by atoms with Crippen molar-refractivity contribution in [3.63, 3.8) is 0 Å². The van der Waals surface area contributed by atoms with Crippen molar-refractivity contribution < 1.29 is 4.92 Å². The molecule has 17 heavy (non-hydrogen) atoms. The van der Waals surface area contributed by atoms with Crippen LogP contribution < -0.4 is 11.5 Å². The Bertz CT molecular complexity index is 360. The Morgan fingerprint density at radius 3 is 2.53 bits per heavy atom. The second-order valence-corrected chi connectivity index (χ2v) is 3.71. The SMILES string of the molecule is Cl.NCCCC[C@H](N)c1ccccc1[N+](=O)[O-]. The van der Waals surface area contributed by atoms with Crippen LogP contribution in [0, 0.1) is 10.1 Å². The summed E-state index contributed by atoms with van der Waals surface area (Å²) in [6.07, 6.45) is 2.51. The quantitative estimate of drug-likeness (QED) is 0.465. The van der Waals surface area contributed by atoms with Crippen LogP contribution in [0.1, 0.15) is 30.9 Å². The van der Waals surface area contributed by atoms with Crippen molar-refractivity contribution in [3.8, 4) is 0 Å². The molecule has 0 aromatic heterocycles. The lowest BCUT2D eigenvalue weighted by Gasteiger charge is -2.11. The zero-order valence-electron chi connectivity index (χ0n) is 9.54. The topological polar surface area (TPSA) is 95.2 Å². The van der Waals surface area contributed by atoms with Crippen molar-refractivity contribution >= 4 is 18.1 Å². The maximum atomic E-state index is 10.8. The molecule has 0 unspecified atom stereocenters. The molecule has 5 nitrogen and oxygen atoms in total. The molecule has 0 radical (unpaired) electrons. The second kappa shape index (κ2) is 8.00. The van der Waals surface area contributed by atoms with E-state index in [1.807, 2.05) is 0 Å². The van der Waals surface area contributed by atoms with Crippen LogP contribution in [0.15, 0.2) is 24.3 Å². The number of benzene rings is 1. The molecule has 1 aromatic carbocycles. The molecule has 1 atom stereocenters. The Kier molecular flexibility index (Phi) is 7.45. The minimum atomic E-state index is -0.391. The zero-order chi connectivity index (χ0) is 12.0. The summed E-state index contributed by atoms with van der Waals surface area (Å²) in [6, 6.07) is 6.33. The summed E-state index contributed by atoms with van der Waals surface area (Å²) in [5.74, 6) is 0. The predicted octanol–water partition coefficient (Wildman–Crippen LogP) is 2.15. The summed E-state index contributed by atoms with van der Waals surface area (Å²) < 4.78 is 0. The van der Waals surface area contributed by atoms with Crippen molar-refractivity contribution in [2.45, 2.75) is 25.3 Å². The number of halogens is 1. The van der Waals surface area contributed by atoms with Crippen LogP contribution in [-0.2, 0) is 0 Å². The van der Waals surface area contributed by atoms with E-state index in [0.29, 0.717) is 12.1 Å². The van der Waals surface area contributed by atoms with E-state index in [2.05, 4.69) is 0 Å². The van der Waals surface area contributed by atoms with E-state index in [1.165, 1.54) is 6.07 Å². The van der Waals surface area contributed by atoms with Gasteiger partial charge < -0.3 is 11.5 Å². The summed E-state index contributed by atoms with van der Waals surface area (Å²) in [5, 5.41) is 10.8. The van der Waals surface area contributed by atoms with Gasteiger partial charge in [-0.1, -0.05) is 24.6 Å². The first-order chi connectivity index (χ1) is 7.66. The van der Waals surface area contributed by atoms with E-state index in [9.17, 15) is 10.1 Å². The molecule has 0 bridgehead atoms. The zero-order valence-corrected chi connectivity index (χ0v) is 10.4. The lowest BCUT2D eigenvalue weighted by Crippen LogP contribution is -2.13. The van der Waals surface area contributed by atoms with Crippen LogP contribution in [-0.4, -0.2) is 11.5 Å². The third-order valence-electron chi connectivity index (χ3n) is 2.50. The van der Waals surface area contributed by atoms with Crippen LogP contribution in [0.25, 0.3) is 0 Å². The molecule has 4 N–H and O–H groups in total. The Balaban J connectivity index is 0.00000256. The summed E-state index contributed by atoms with van der Waals surface area (Å²) >= 11 is 0. The number of nitro benzene ring substituents is 1. The number of nitro groups is 1. The van der Waals surface area contributed by atoms with Crippen molar-refractivity contribution in [1.82, 2.24) is 0 Å². The maximum absolute atomic E-state index is 10.8. The number of nitrogens with two attached hydrogens (primary N) is 2. The third-order valence-corrected chi connectivity index (χ3v) is 2.50. The van der Waals surface area contributed by atoms with Crippen LogP contribution in [0.3, 0.4) is 0 Å². The molecule has 0 spiro atoms. The molecule has 1 rings (SSSR count). The average molecular weight is 260 g/mol. The number of unbranched alkanes of at least 4 members (excludes halogenated alkanes) is 1. The molecular formula is C11H18ClN3O2. The Hall–Kier alpha value is -1.17. The molecule has 0 saturated carbocycles. The van der Waals surface area contributed by atoms with Gasteiger partial charge in [-0.3, -0.25) is 10.1 Å². The number of para-hydroxylation sites is 1. The molecule has 0 heterocycles. The molecule has 1 aromatic rings. The Morgan fingerprint density at radius 1 is 1.29 bits per heavy atom. The molecule has 0 amide bonds. The fraction of sp³-hybridized carbons (Fsp3) is 0.455. The maximum Gasteiger partial charge on any atom is 0.274 e. The van der Waals surface area contributed by atoms with Gasteiger partial charge in [0.05, 0.1) is 4.92 Å². The van der Waals surface area contributed by atoms with Gasteiger partial charge in [0.25, 0.3) is 5.69 Å². The van der Waals surface area contributed by atoms with Gasteiger partial charge in [-0.15, -0.1) is 12.4 Å². The summed E-state index contributed by atoms with van der Waals surface area (Å²) in [6.45, 7) is 0.629. The standard InChI is InChI=1S/C11H17N3O2.ClH/c12-8-4-3-6-10(13)9-5-1-2-7-11(9)14(15)16;/h1-2,5,7,10H,3-4,6,8,12-13H2;1H/t10-;/m0./s1. The first kappa shape index (κ1) is 15.8. The van der Waals surface area contributed by atoms with Crippen LogP contribution >= 0.6 is 12.4 Å². The summed E-state index contributed by atoms with van der Waals surface area (Å²) in [7, 11) is 0. The number of hydrogen-bond acceptors (Lipinski definition) is 4. The molecule has 0 aliphatic heterocycles. The molecule has 0 aliphatic rings. The van der Waals surface area contributed by atoms with E-state index in [4.69, 9.17) is 11.5 Å². The highest BCUT2D eigenvalue weighted by Crippen LogP contribution is 2.26. The third kappa shape index (κ3) is 4.68. The molecular weight excluding hydrogens is 242 g/mol. The molecule has 96 valence electrons. The van der Waals surface area contributed by atoms with E-state index >= 15 is 0 Å². The van der Waals surface area contributed by atoms with E-state index in [1.54, 1.807) is 18.2 Å². The van der Waals surface area contributed by atoms with Crippen molar-refractivity contribution in [2.75, 3.05) is 6.54 Å². The van der Waals surface area contributed by atoms with Gasteiger partial charge in [0.1, 0.15) is 0 Å². The highest BCUT2D eigenvalue weighted by molar-refractivity contribution is 5.85. The Morgan fingerprint density at radius 2 is 1.94 bits per heavy atom. The number of rotatable bonds is 6. The highest BCUT2D eigenvalue weighted by Gasteiger charge is 2.17. The van der Waals surface area contributed by atoms with E-state index < -0.39 is 4.92 Å². The van der Waals surface area contributed by atoms with Gasteiger partial charge >= 0.3 is 0 Å². The van der Waals surface area contributed by atoms with Gasteiger partial charge in [0.2, 0.25) is 0 Å². The summed E-state index contributed by atoms with van der Waals surface area (Å²) in [5.41, 5.74) is 12.0.